The third-order valence-electron chi connectivity index (χ3n) is 4.92. The van der Waals surface area contributed by atoms with Gasteiger partial charge in [-0.2, -0.15) is 5.10 Å². The van der Waals surface area contributed by atoms with Gasteiger partial charge in [-0.3, -0.25) is 10.4 Å². The molecule has 8 nitrogen and oxygen atoms in total. The minimum Gasteiger partial charge on any atom is -0.369 e. The molecule has 4 rings (SSSR count). The van der Waals surface area contributed by atoms with E-state index in [0.717, 1.165) is 28.8 Å². The first-order chi connectivity index (χ1) is 15.9. The Hall–Kier alpha value is -3.09. The predicted octanol–water partition coefficient (Wildman–Crippen LogP) is 3.32. The lowest BCUT2D eigenvalue weighted by Gasteiger charge is -2.35. The van der Waals surface area contributed by atoms with Gasteiger partial charge in [0.05, 0.1) is 0 Å². The molecule has 1 aliphatic heterocycles. The van der Waals surface area contributed by atoms with Gasteiger partial charge in [0.15, 0.2) is 0 Å². The van der Waals surface area contributed by atoms with Crippen LogP contribution in [0.1, 0.15) is 22.6 Å². The average Bonchev–Trinajstić information content (AvgIpc) is 3.43. The van der Waals surface area contributed by atoms with Crippen LogP contribution < -0.4 is 21.6 Å². The van der Waals surface area contributed by atoms with Gasteiger partial charge in [-0.15, -0.1) is 10.2 Å². The fraction of sp³-hybridized carbons (Fsp3) is 0.238. The summed E-state index contributed by atoms with van der Waals surface area (Å²) in [7, 11) is 1.58. The number of halogens is 2. The lowest BCUT2D eigenvalue weighted by Crippen LogP contribution is -2.46. The van der Waals surface area contributed by atoms with E-state index in [1.165, 1.54) is 23.1 Å². The monoisotopic (exact) mass is 488 g/mol. The van der Waals surface area contributed by atoms with Crippen molar-refractivity contribution in [2.45, 2.75) is 18.2 Å². The van der Waals surface area contributed by atoms with Crippen molar-refractivity contribution in [3.8, 4) is 0 Å². The number of nitrogens with zero attached hydrogens (tertiary/aromatic N) is 5. The Bertz CT molecular complexity index is 1180. The molecular formula is C21H22F2N8S2. The topological polar surface area (TPSA) is 104 Å². The summed E-state index contributed by atoms with van der Waals surface area (Å²) in [4.78, 5) is 3.06. The van der Waals surface area contributed by atoms with Gasteiger partial charge >= 0.3 is 0 Å². The van der Waals surface area contributed by atoms with Crippen molar-refractivity contribution < 1.29 is 8.78 Å². The Labute approximate surface area is 198 Å². The van der Waals surface area contributed by atoms with Crippen LogP contribution in [0.25, 0.3) is 0 Å². The zero-order valence-corrected chi connectivity index (χ0v) is 19.6. The predicted molar refractivity (Wildman–Crippen MR) is 129 cm³/mol. The van der Waals surface area contributed by atoms with Gasteiger partial charge in [0.1, 0.15) is 26.6 Å². The highest BCUT2D eigenvalue weighted by atomic mass is 32.2. The van der Waals surface area contributed by atoms with E-state index < -0.39 is 16.5 Å². The molecule has 4 N–H and O–H groups in total. The standard InChI is InChI=1S/C21H22F2N8S2/c1-13-27-29-20(32-13)31-21(14-6-4-3-5-7-14,10-11-26-28-19(24)25-2)33-18(30-31)16-12-15(22)8-9-17(16)23/h3-9,12,26H,10-11H2,1-2H3,(H3,24,25,28). The highest BCUT2D eigenvalue weighted by Gasteiger charge is 2.48. The normalized spacial score (nSPS) is 18.5. The molecule has 12 heteroatoms. The molecule has 172 valence electrons. The Morgan fingerprint density at radius 2 is 1.97 bits per heavy atom. The molecule has 0 saturated carbocycles. The van der Waals surface area contributed by atoms with E-state index in [1.807, 2.05) is 37.3 Å². The number of thioether (sulfide) groups is 1. The number of nitrogens with one attached hydrogen (secondary N) is 2. The zero-order chi connectivity index (χ0) is 23.4. The number of aromatic nitrogens is 2. The van der Waals surface area contributed by atoms with Crippen molar-refractivity contribution in [1.82, 2.24) is 21.0 Å². The molecule has 0 saturated heterocycles. The van der Waals surface area contributed by atoms with Crippen LogP contribution in [0.2, 0.25) is 0 Å². The largest absolute Gasteiger partial charge is 0.369 e. The van der Waals surface area contributed by atoms with Crippen molar-refractivity contribution in [3.05, 3.63) is 76.3 Å². The average molecular weight is 489 g/mol. The molecule has 1 aromatic heterocycles. The molecule has 1 aliphatic rings. The second-order valence-corrected chi connectivity index (χ2v) is 9.53. The number of guanidine groups is 1. The number of rotatable bonds is 7. The molecule has 1 atom stereocenters. The number of hydrogen-bond donors (Lipinski definition) is 3. The SMILES string of the molecule is CN=C(N)NNCCC1(c2ccccc2)SC(c2cc(F)ccc2F)=NN1c1nnc(C)s1. The van der Waals surface area contributed by atoms with Crippen molar-refractivity contribution in [2.75, 3.05) is 18.6 Å². The molecule has 0 aliphatic carbocycles. The minimum absolute atomic E-state index is 0.0949. The molecule has 2 aromatic carbocycles. The number of aliphatic imine (C=N–C) groups is 1. The lowest BCUT2D eigenvalue weighted by atomic mass is 10.0. The molecule has 2 heterocycles. The molecule has 0 bridgehead atoms. The number of benzene rings is 2. The number of hydrazine groups is 1. The second-order valence-electron chi connectivity index (χ2n) is 7.11. The van der Waals surface area contributed by atoms with Gasteiger partial charge in [0, 0.05) is 25.6 Å². The maximum atomic E-state index is 14.7. The van der Waals surface area contributed by atoms with E-state index in [4.69, 9.17) is 10.8 Å². The molecular weight excluding hydrogens is 466 g/mol. The first-order valence-corrected chi connectivity index (χ1v) is 11.7. The van der Waals surface area contributed by atoms with Crippen molar-refractivity contribution in [3.63, 3.8) is 0 Å². The van der Waals surface area contributed by atoms with Crippen LogP contribution in [0.5, 0.6) is 0 Å². The van der Waals surface area contributed by atoms with Crippen LogP contribution in [0.15, 0.2) is 58.6 Å². The Morgan fingerprint density at radius 1 is 1.18 bits per heavy atom. The van der Waals surface area contributed by atoms with E-state index in [9.17, 15) is 8.78 Å². The van der Waals surface area contributed by atoms with Crippen molar-refractivity contribution in [1.29, 1.82) is 0 Å². The first kappa shape index (κ1) is 23.1. The highest BCUT2D eigenvalue weighted by molar-refractivity contribution is 8.15. The van der Waals surface area contributed by atoms with Gasteiger partial charge in [-0.1, -0.05) is 53.4 Å². The number of anilines is 1. The second kappa shape index (κ2) is 9.81. The Morgan fingerprint density at radius 3 is 2.67 bits per heavy atom. The fourth-order valence-electron chi connectivity index (χ4n) is 3.36. The third-order valence-corrected chi connectivity index (χ3v) is 7.18. The summed E-state index contributed by atoms with van der Waals surface area (Å²) in [6.45, 7) is 2.31. The van der Waals surface area contributed by atoms with Gasteiger partial charge in [-0.25, -0.2) is 19.2 Å². The van der Waals surface area contributed by atoms with E-state index >= 15 is 0 Å². The lowest BCUT2D eigenvalue weighted by molar-refractivity contribution is 0.500. The summed E-state index contributed by atoms with van der Waals surface area (Å²) < 4.78 is 28.7. The van der Waals surface area contributed by atoms with Crippen LogP contribution in [0.4, 0.5) is 13.9 Å². The Balaban J connectivity index is 1.78. The minimum atomic E-state index is -0.797. The fourth-order valence-corrected chi connectivity index (χ4v) is 5.51. The summed E-state index contributed by atoms with van der Waals surface area (Å²) in [5, 5.41) is 16.6. The summed E-state index contributed by atoms with van der Waals surface area (Å²) in [5.74, 6) is -0.838. The van der Waals surface area contributed by atoms with Gasteiger partial charge in [0.25, 0.3) is 0 Å². The summed E-state index contributed by atoms with van der Waals surface area (Å²) in [6, 6.07) is 13.1. The number of hydrazone groups is 1. The molecule has 3 aromatic rings. The van der Waals surface area contributed by atoms with Gasteiger partial charge < -0.3 is 5.73 Å². The van der Waals surface area contributed by atoms with E-state index in [2.05, 4.69) is 26.0 Å². The van der Waals surface area contributed by atoms with Crippen LogP contribution in [-0.2, 0) is 4.87 Å². The molecule has 0 radical (unpaired) electrons. The van der Waals surface area contributed by atoms with E-state index in [-0.39, 0.29) is 11.5 Å². The van der Waals surface area contributed by atoms with E-state index in [1.54, 1.807) is 12.1 Å². The first-order valence-electron chi connectivity index (χ1n) is 10.0. The number of aryl methyl sites for hydroxylation is 1. The maximum Gasteiger partial charge on any atom is 0.230 e. The number of nitrogens with two attached hydrogens (primary N) is 1. The molecule has 0 amide bonds. The van der Waals surface area contributed by atoms with Gasteiger partial charge in [-0.05, 0) is 30.7 Å². The highest BCUT2D eigenvalue weighted by Crippen LogP contribution is 2.52. The third kappa shape index (κ3) is 4.82. The van der Waals surface area contributed by atoms with Crippen LogP contribution in [0, 0.1) is 18.6 Å². The Kier molecular flexibility index (Phi) is 6.86. The quantitative estimate of drug-likeness (QED) is 0.203. The van der Waals surface area contributed by atoms with Crippen LogP contribution in [0.3, 0.4) is 0 Å². The van der Waals surface area contributed by atoms with Gasteiger partial charge in [0.2, 0.25) is 11.1 Å². The zero-order valence-electron chi connectivity index (χ0n) is 17.9. The molecule has 0 fully saturated rings. The smallest absolute Gasteiger partial charge is 0.230 e. The van der Waals surface area contributed by atoms with Crippen LogP contribution in [-0.4, -0.2) is 34.8 Å². The van der Waals surface area contributed by atoms with E-state index in [0.29, 0.717) is 23.1 Å². The van der Waals surface area contributed by atoms with Crippen LogP contribution >= 0.6 is 23.1 Å². The summed E-state index contributed by atoms with van der Waals surface area (Å²) in [6.07, 6.45) is 0.508. The maximum absolute atomic E-state index is 14.7. The summed E-state index contributed by atoms with van der Waals surface area (Å²) in [5.41, 5.74) is 12.6. The summed E-state index contributed by atoms with van der Waals surface area (Å²) >= 11 is 2.72. The molecule has 33 heavy (non-hydrogen) atoms. The molecule has 1 unspecified atom stereocenters. The number of hydrogen-bond acceptors (Lipinski definition) is 8. The van der Waals surface area contributed by atoms with Crippen molar-refractivity contribution in [2.24, 2.45) is 15.8 Å². The van der Waals surface area contributed by atoms with Crippen molar-refractivity contribution >= 4 is 39.2 Å². The molecule has 0 spiro atoms.